The van der Waals surface area contributed by atoms with Crippen LogP contribution >= 0.6 is 51.2 Å². The summed E-state index contributed by atoms with van der Waals surface area (Å²) in [6.07, 6.45) is 0. The summed E-state index contributed by atoms with van der Waals surface area (Å²) in [6.45, 7) is -1.88. The van der Waals surface area contributed by atoms with E-state index >= 15 is 0 Å². The molecular formula is C15H17BrF2IN3OS. The van der Waals surface area contributed by atoms with E-state index in [9.17, 15) is 8.78 Å². The van der Waals surface area contributed by atoms with Gasteiger partial charge in [-0.2, -0.15) is 8.78 Å². The fourth-order valence-electron chi connectivity index (χ4n) is 1.88. The van der Waals surface area contributed by atoms with Gasteiger partial charge in [-0.25, -0.2) is 0 Å². The highest BCUT2D eigenvalue weighted by atomic mass is 127. The van der Waals surface area contributed by atoms with Gasteiger partial charge < -0.3 is 15.4 Å². The molecule has 0 spiro atoms. The smallest absolute Gasteiger partial charge is 0.387 e. The highest BCUT2D eigenvalue weighted by Gasteiger charge is 2.09. The summed E-state index contributed by atoms with van der Waals surface area (Å²) in [7, 11) is 1.65. The number of hydrogen-bond donors (Lipinski definition) is 2. The Morgan fingerprint density at radius 1 is 1.21 bits per heavy atom. The van der Waals surface area contributed by atoms with Gasteiger partial charge in [-0.3, -0.25) is 4.99 Å². The molecule has 0 aliphatic rings. The van der Waals surface area contributed by atoms with Crippen LogP contribution in [0, 0.1) is 0 Å². The van der Waals surface area contributed by atoms with E-state index in [1.807, 2.05) is 12.1 Å². The molecule has 0 aliphatic heterocycles. The summed E-state index contributed by atoms with van der Waals surface area (Å²) < 4.78 is 30.4. The van der Waals surface area contributed by atoms with Crippen LogP contribution in [-0.4, -0.2) is 19.6 Å². The number of alkyl halides is 2. The Morgan fingerprint density at radius 2 is 1.92 bits per heavy atom. The number of rotatable bonds is 6. The Kier molecular flexibility index (Phi) is 9.52. The van der Waals surface area contributed by atoms with Gasteiger partial charge in [-0.1, -0.05) is 18.2 Å². The molecule has 0 fully saturated rings. The first-order valence-corrected chi connectivity index (χ1v) is 8.41. The number of ether oxygens (including phenoxy) is 1. The molecule has 1 heterocycles. The van der Waals surface area contributed by atoms with Crippen molar-refractivity contribution in [1.29, 1.82) is 0 Å². The van der Waals surface area contributed by atoms with Crippen molar-refractivity contribution in [3.8, 4) is 5.75 Å². The monoisotopic (exact) mass is 531 g/mol. The van der Waals surface area contributed by atoms with Gasteiger partial charge in [0.25, 0.3) is 0 Å². The summed E-state index contributed by atoms with van der Waals surface area (Å²) in [5, 5.41) is 6.25. The molecule has 2 N–H and O–H groups in total. The lowest BCUT2D eigenvalue weighted by atomic mass is 10.2. The summed E-state index contributed by atoms with van der Waals surface area (Å²) in [6, 6.07) is 10.7. The molecule has 0 bridgehead atoms. The molecule has 24 heavy (non-hydrogen) atoms. The number of nitrogens with one attached hydrogen (secondary N) is 2. The van der Waals surface area contributed by atoms with Gasteiger partial charge in [0.1, 0.15) is 5.75 Å². The van der Waals surface area contributed by atoms with Gasteiger partial charge in [0, 0.05) is 24.0 Å². The molecular weight excluding hydrogens is 515 g/mol. The third-order valence-electron chi connectivity index (χ3n) is 2.92. The van der Waals surface area contributed by atoms with Crippen LogP contribution in [0.3, 0.4) is 0 Å². The average molecular weight is 532 g/mol. The van der Waals surface area contributed by atoms with E-state index in [2.05, 4.69) is 36.3 Å². The highest BCUT2D eigenvalue weighted by molar-refractivity contribution is 14.0. The summed E-state index contributed by atoms with van der Waals surface area (Å²) in [5.41, 5.74) is 0.634. The Bertz CT molecular complexity index is 670. The fraction of sp³-hybridized carbons (Fsp3) is 0.267. The summed E-state index contributed by atoms with van der Waals surface area (Å²) >= 11 is 5.05. The lowest BCUT2D eigenvalue weighted by molar-refractivity contribution is -0.0504. The second kappa shape index (κ2) is 10.8. The number of guanidine groups is 1. The normalized spacial score (nSPS) is 11.1. The number of benzene rings is 1. The second-order valence-electron chi connectivity index (χ2n) is 4.47. The molecule has 0 radical (unpaired) electrons. The maximum Gasteiger partial charge on any atom is 0.387 e. The van der Waals surface area contributed by atoms with E-state index in [4.69, 9.17) is 0 Å². The second-order valence-corrected chi connectivity index (χ2v) is 7.02. The van der Waals surface area contributed by atoms with Crippen LogP contribution in [0.5, 0.6) is 5.75 Å². The van der Waals surface area contributed by atoms with Crippen molar-refractivity contribution in [2.24, 2.45) is 4.99 Å². The van der Waals surface area contributed by atoms with Gasteiger partial charge in [-0.15, -0.1) is 35.3 Å². The Hall–Kier alpha value is -0.940. The maximum absolute atomic E-state index is 12.4. The zero-order valence-electron chi connectivity index (χ0n) is 12.8. The molecule has 2 rings (SSSR count). The van der Waals surface area contributed by atoms with Crippen LogP contribution in [0.25, 0.3) is 0 Å². The van der Waals surface area contributed by atoms with E-state index in [-0.39, 0.29) is 29.7 Å². The Labute approximate surface area is 168 Å². The summed E-state index contributed by atoms with van der Waals surface area (Å²) in [4.78, 5) is 5.27. The predicted octanol–water partition coefficient (Wildman–Crippen LogP) is 4.60. The van der Waals surface area contributed by atoms with E-state index < -0.39 is 6.61 Å². The highest BCUT2D eigenvalue weighted by Crippen LogP contribution is 2.22. The zero-order chi connectivity index (χ0) is 16.7. The minimum absolute atomic E-state index is 0. The maximum atomic E-state index is 12.4. The molecule has 1 aromatic carbocycles. The number of hydrogen-bond acceptors (Lipinski definition) is 3. The standard InChI is InChI=1S/C15H16BrF2N3OS.HI/c1-19-15(21-9-11-6-7-13(16)23-11)20-8-10-4-2-3-5-12(10)22-14(17)18;/h2-7,14H,8-9H2,1H3,(H2,19,20,21);1H. The summed E-state index contributed by atoms with van der Waals surface area (Å²) in [5.74, 6) is 0.744. The largest absolute Gasteiger partial charge is 0.434 e. The van der Waals surface area contributed by atoms with Crippen molar-refractivity contribution >= 4 is 57.2 Å². The van der Waals surface area contributed by atoms with Gasteiger partial charge in [-0.05, 0) is 34.1 Å². The van der Waals surface area contributed by atoms with Crippen molar-refractivity contribution in [3.63, 3.8) is 0 Å². The molecule has 0 saturated heterocycles. The molecule has 9 heteroatoms. The molecule has 0 saturated carbocycles. The first kappa shape index (κ1) is 21.1. The van der Waals surface area contributed by atoms with E-state index in [0.717, 1.165) is 8.66 Å². The zero-order valence-corrected chi connectivity index (χ0v) is 17.5. The van der Waals surface area contributed by atoms with Gasteiger partial charge in [0.05, 0.1) is 10.3 Å². The van der Waals surface area contributed by atoms with Crippen molar-refractivity contribution in [2.75, 3.05) is 7.05 Å². The molecule has 4 nitrogen and oxygen atoms in total. The lowest BCUT2D eigenvalue weighted by Crippen LogP contribution is -2.36. The minimum Gasteiger partial charge on any atom is -0.434 e. The number of aliphatic imine (C=N–C) groups is 1. The van der Waals surface area contributed by atoms with Gasteiger partial charge >= 0.3 is 6.61 Å². The van der Waals surface area contributed by atoms with Crippen LogP contribution < -0.4 is 15.4 Å². The van der Waals surface area contributed by atoms with Crippen LogP contribution in [0.4, 0.5) is 8.78 Å². The quantitative estimate of drug-likeness (QED) is 0.325. The van der Waals surface area contributed by atoms with Crippen LogP contribution in [0.15, 0.2) is 45.2 Å². The molecule has 0 unspecified atom stereocenters. The first-order chi connectivity index (χ1) is 11.1. The number of nitrogens with zero attached hydrogens (tertiary/aromatic N) is 1. The van der Waals surface area contributed by atoms with E-state index in [1.165, 1.54) is 6.07 Å². The molecule has 0 atom stereocenters. The average Bonchev–Trinajstić information content (AvgIpc) is 2.94. The fourth-order valence-corrected chi connectivity index (χ4v) is 3.30. The van der Waals surface area contributed by atoms with Gasteiger partial charge in [0.15, 0.2) is 5.96 Å². The topological polar surface area (TPSA) is 45.7 Å². The first-order valence-electron chi connectivity index (χ1n) is 6.80. The lowest BCUT2D eigenvalue weighted by Gasteiger charge is -2.14. The van der Waals surface area contributed by atoms with Crippen molar-refractivity contribution in [3.05, 3.63) is 50.6 Å². The van der Waals surface area contributed by atoms with Crippen LogP contribution in [-0.2, 0) is 13.1 Å². The third-order valence-corrected chi connectivity index (χ3v) is 4.54. The van der Waals surface area contributed by atoms with Crippen LogP contribution in [0.1, 0.15) is 10.4 Å². The number of halogens is 4. The molecule has 2 aromatic rings. The SMILES string of the molecule is CN=C(NCc1ccc(Br)s1)NCc1ccccc1OC(F)F.I. The van der Waals surface area contributed by atoms with Gasteiger partial charge in [0.2, 0.25) is 0 Å². The number of para-hydroxylation sites is 1. The predicted molar refractivity (Wildman–Crippen MR) is 108 cm³/mol. The molecule has 0 amide bonds. The molecule has 0 aliphatic carbocycles. The Morgan fingerprint density at radius 3 is 2.54 bits per heavy atom. The third kappa shape index (κ3) is 6.89. The number of thiophene rings is 1. The van der Waals surface area contributed by atoms with Crippen LogP contribution in [0.2, 0.25) is 0 Å². The molecule has 1 aromatic heterocycles. The van der Waals surface area contributed by atoms with Crippen molar-refractivity contribution in [1.82, 2.24) is 10.6 Å². The minimum atomic E-state index is -2.84. The van der Waals surface area contributed by atoms with Crippen molar-refractivity contribution < 1.29 is 13.5 Å². The van der Waals surface area contributed by atoms with E-state index in [1.54, 1.807) is 36.6 Å². The molecule has 132 valence electrons. The van der Waals surface area contributed by atoms with Crippen molar-refractivity contribution in [2.45, 2.75) is 19.7 Å². The van der Waals surface area contributed by atoms with E-state index in [0.29, 0.717) is 24.6 Å². The Balaban J connectivity index is 0.00000288.